The predicted octanol–water partition coefficient (Wildman–Crippen LogP) is 1.82. The van der Waals surface area contributed by atoms with Crippen LogP contribution in [0.3, 0.4) is 0 Å². The van der Waals surface area contributed by atoms with Crippen LogP contribution in [-0.2, 0) is 10.0 Å². The lowest BCUT2D eigenvalue weighted by molar-refractivity contribution is 0.371. The third kappa shape index (κ3) is 3.73. The maximum Gasteiger partial charge on any atom is 0.285 e. The molecule has 0 saturated carbocycles. The molecule has 0 amide bonds. The SMILES string of the molecule is [B]c1ccc2c(c1)S(=O)(=O)N=C2N(/N=C/c1ccc(F)c(OC)c1)C(C)C. The number of rotatable bonds is 4. The van der Waals surface area contributed by atoms with E-state index in [0.717, 1.165) is 0 Å². The lowest BCUT2D eigenvalue weighted by atomic mass is 9.95. The molecular weight excluding hydrogens is 368 g/mol. The van der Waals surface area contributed by atoms with E-state index in [1.807, 2.05) is 13.8 Å². The average Bonchev–Trinajstić information content (AvgIpc) is 2.87. The molecular formula is C18H17BFN3O3S. The zero-order valence-electron chi connectivity index (χ0n) is 15.0. The lowest BCUT2D eigenvalue weighted by Gasteiger charge is -2.23. The molecule has 27 heavy (non-hydrogen) atoms. The first kappa shape index (κ1) is 19.1. The van der Waals surface area contributed by atoms with Crippen molar-refractivity contribution in [2.24, 2.45) is 9.50 Å². The van der Waals surface area contributed by atoms with E-state index in [9.17, 15) is 12.8 Å². The number of fused-ring (bicyclic) bond motifs is 1. The number of benzene rings is 2. The minimum atomic E-state index is -3.83. The highest BCUT2D eigenvalue weighted by Crippen LogP contribution is 2.28. The summed E-state index contributed by atoms with van der Waals surface area (Å²) in [5, 5.41) is 5.87. The number of hydrazone groups is 1. The number of ether oxygens (including phenoxy) is 1. The third-order valence-electron chi connectivity index (χ3n) is 3.94. The molecule has 0 aromatic heterocycles. The maximum absolute atomic E-state index is 13.6. The molecule has 0 aliphatic carbocycles. The third-order valence-corrected chi connectivity index (χ3v) is 5.25. The van der Waals surface area contributed by atoms with Crippen LogP contribution in [0.15, 0.2) is 50.8 Å². The number of amidine groups is 1. The largest absolute Gasteiger partial charge is 0.494 e. The Morgan fingerprint density at radius 3 is 2.67 bits per heavy atom. The molecule has 3 rings (SSSR count). The van der Waals surface area contributed by atoms with Gasteiger partial charge in [0.1, 0.15) is 7.85 Å². The summed E-state index contributed by atoms with van der Waals surface area (Å²) in [4.78, 5) is 0.0572. The van der Waals surface area contributed by atoms with Crippen molar-refractivity contribution in [2.75, 3.05) is 7.11 Å². The Hall–Kier alpha value is -2.68. The molecule has 1 heterocycles. The van der Waals surface area contributed by atoms with Gasteiger partial charge in [0.2, 0.25) is 0 Å². The van der Waals surface area contributed by atoms with Gasteiger partial charge in [-0.3, -0.25) is 0 Å². The molecule has 0 N–H and O–H groups in total. The smallest absolute Gasteiger partial charge is 0.285 e. The Morgan fingerprint density at radius 1 is 1.26 bits per heavy atom. The first-order chi connectivity index (χ1) is 12.7. The van der Waals surface area contributed by atoms with Gasteiger partial charge in [-0.25, -0.2) is 9.40 Å². The average molecular weight is 385 g/mol. The van der Waals surface area contributed by atoms with Gasteiger partial charge in [0, 0.05) is 11.6 Å². The molecule has 1 aliphatic heterocycles. The lowest BCUT2D eigenvalue weighted by Crippen LogP contribution is -2.32. The maximum atomic E-state index is 13.6. The van der Waals surface area contributed by atoms with Crippen LogP contribution in [-0.4, -0.2) is 46.5 Å². The van der Waals surface area contributed by atoms with E-state index in [-0.39, 0.29) is 22.5 Å². The molecule has 0 fully saturated rings. The standard InChI is InChI=1S/C18H17BFN3O3S/c1-11(2)23(21-10-12-4-7-15(20)16(8-12)26-3)18-14-6-5-13(19)9-17(14)27(24,25)22-18/h4-11H,1-3H3/b21-10+. The van der Waals surface area contributed by atoms with Crippen molar-refractivity contribution in [3.63, 3.8) is 0 Å². The van der Waals surface area contributed by atoms with Gasteiger partial charge in [-0.1, -0.05) is 23.7 Å². The fourth-order valence-corrected chi connectivity index (χ4v) is 3.86. The number of methoxy groups -OCH3 is 1. The summed E-state index contributed by atoms with van der Waals surface area (Å²) >= 11 is 0. The van der Waals surface area contributed by atoms with Crippen LogP contribution in [0.2, 0.25) is 0 Å². The molecule has 0 saturated heterocycles. The van der Waals surface area contributed by atoms with Crippen LogP contribution < -0.4 is 10.2 Å². The van der Waals surface area contributed by atoms with Gasteiger partial charge >= 0.3 is 0 Å². The predicted molar refractivity (Wildman–Crippen MR) is 103 cm³/mol. The minimum Gasteiger partial charge on any atom is -0.494 e. The molecule has 2 aromatic carbocycles. The summed E-state index contributed by atoms with van der Waals surface area (Å²) in [6, 6.07) is 8.74. The first-order valence-electron chi connectivity index (χ1n) is 8.14. The van der Waals surface area contributed by atoms with E-state index in [0.29, 0.717) is 16.6 Å². The van der Waals surface area contributed by atoms with Crippen LogP contribution in [0.1, 0.15) is 25.0 Å². The van der Waals surface area contributed by atoms with Crippen molar-refractivity contribution in [3.8, 4) is 5.75 Å². The van der Waals surface area contributed by atoms with Crippen molar-refractivity contribution in [1.29, 1.82) is 0 Å². The van der Waals surface area contributed by atoms with Crippen molar-refractivity contribution in [3.05, 3.63) is 53.3 Å². The van der Waals surface area contributed by atoms with Crippen molar-refractivity contribution >= 4 is 35.4 Å². The van der Waals surface area contributed by atoms with Gasteiger partial charge in [-0.15, -0.1) is 4.40 Å². The number of hydrogen-bond donors (Lipinski definition) is 0. The van der Waals surface area contributed by atoms with Gasteiger partial charge in [0.05, 0.1) is 18.2 Å². The number of halogens is 1. The van der Waals surface area contributed by atoms with E-state index in [4.69, 9.17) is 12.6 Å². The van der Waals surface area contributed by atoms with Crippen molar-refractivity contribution in [2.45, 2.75) is 24.8 Å². The van der Waals surface area contributed by atoms with E-state index in [1.165, 1.54) is 36.5 Å². The summed E-state index contributed by atoms with van der Waals surface area (Å²) < 4.78 is 47.1. The number of nitrogens with zero attached hydrogens (tertiary/aromatic N) is 3. The quantitative estimate of drug-likeness (QED) is 0.457. The molecule has 2 aromatic rings. The second-order valence-electron chi connectivity index (χ2n) is 6.22. The molecule has 0 unspecified atom stereocenters. The Balaban J connectivity index is 2.01. The Labute approximate surface area is 158 Å². The van der Waals surface area contributed by atoms with Crippen LogP contribution in [0, 0.1) is 5.82 Å². The van der Waals surface area contributed by atoms with Gasteiger partial charge in [0.15, 0.2) is 17.4 Å². The van der Waals surface area contributed by atoms with Crippen LogP contribution in [0.25, 0.3) is 0 Å². The monoisotopic (exact) mass is 385 g/mol. The topological polar surface area (TPSA) is 71.3 Å². The molecule has 9 heteroatoms. The highest BCUT2D eigenvalue weighted by molar-refractivity contribution is 7.90. The molecule has 1 aliphatic rings. The summed E-state index contributed by atoms with van der Waals surface area (Å²) in [6.45, 7) is 3.71. The summed E-state index contributed by atoms with van der Waals surface area (Å²) in [5.41, 5.74) is 1.37. The number of hydrogen-bond acceptors (Lipinski definition) is 5. The summed E-state index contributed by atoms with van der Waals surface area (Å²) in [7, 11) is 3.25. The first-order valence-corrected chi connectivity index (χ1v) is 9.58. The summed E-state index contributed by atoms with van der Waals surface area (Å²) in [5.74, 6) is -0.171. The van der Waals surface area contributed by atoms with Gasteiger partial charge in [-0.2, -0.15) is 13.5 Å². The van der Waals surface area contributed by atoms with Crippen LogP contribution in [0.4, 0.5) is 4.39 Å². The van der Waals surface area contributed by atoms with E-state index >= 15 is 0 Å². The molecule has 138 valence electrons. The zero-order valence-corrected chi connectivity index (χ0v) is 15.9. The molecule has 2 radical (unpaired) electrons. The van der Waals surface area contributed by atoms with Crippen LogP contribution >= 0.6 is 0 Å². The Kier molecular flexibility index (Phi) is 5.06. The normalized spacial score (nSPS) is 15.1. The Morgan fingerprint density at radius 2 is 2.00 bits per heavy atom. The highest BCUT2D eigenvalue weighted by Gasteiger charge is 2.32. The van der Waals surface area contributed by atoms with E-state index in [1.54, 1.807) is 18.2 Å². The molecule has 0 spiro atoms. The van der Waals surface area contributed by atoms with Crippen LogP contribution in [0.5, 0.6) is 5.75 Å². The molecule has 0 bridgehead atoms. The van der Waals surface area contributed by atoms with Crippen molar-refractivity contribution < 1.29 is 17.5 Å². The van der Waals surface area contributed by atoms with Gasteiger partial charge in [-0.05, 0) is 37.6 Å². The van der Waals surface area contributed by atoms with Gasteiger partial charge < -0.3 is 4.74 Å². The highest BCUT2D eigenvalue weighted by atomic mass is 32.2. The van der Waals surface area contributed by atoms with E-state index < -0.39 is 15.8 Å². The van der Waals surface area contributed by atoms with Crippen molar-refractivity contribution in [1.82, 2.24) is 5.01 Å². The zero-order chi connectivity index (χ0) is 19.8. The second kappa shape index (κ2) is 7.15. The fraction of sp³-hybridized carbons (Fsp3) is 0.222. The molecule has 6 nitrogen and oxygen atoms in total. The summed E-state index contributed by atoms with van der Waals surface area (Å²) in [6.07, 6.45) is 1.49. The molecule has 0 atom stereocenters. The van der Waals surface area contributed by atoms with E-state index in [2.05, 4.69) is 9.50 Å². The van der Waals surface area contributed by atoms with Gasteiger partial charge in [0.25, 0.3) is 10.0 Å². The number of sulfonamides is 1. The fourth-order valence-electron chi connectivity index (χ4n) is 2.63. The Bertz CT molecular complexity index is 1050. The minimum absolute atomic E-state index is 0.0572. The second-order valence-corrected chi connectivity index (χ2v) is 7.79.